The van der Waals surface area contributed by atoms with Gasteiger partial charge in [-0.1, -0.05) is 74.2 Å². The normalized spacial score (nSPS) is 16.9. The second kappa shape index (κ2) is 11.0. The molecule has 8 nitrogen and oxygen atoms in total. The topological polar surface area (TPSA) is 87.4 Å². The molecule has 198 valence electrons. The summed E-state index contributed by atoms with van der Waals surface area (Å²) in [5.74, 6) is 1.64. The molecule has 1 aliphatic heterocycles. The smallest absolute Gasteiger partial charge is 0.317 e. The fraction of sp³-hybridized carbons (Fsp3) is 0.467. The number of aromatic nitrogens is 3. The van der Waals surface area contributed by atoms with Crippen LogP contribution < -0.4 is 10.2 Å². The summed E-state index contributed by atoms with van der Waals surface area (Å²) in [6.45, 7) is 4.90. The van der Waals surface area contributed by atoms with Gasteiger partial charge in [-0.25, -0.2) is 9.78 Å². The van der Waals surface area contributed by atoms with E-state index < -0.39 is 0 Å². The number of fused-ring (bicyclic) bond motifs is 2. The fourth-order valence-electron chi connectivity index (χ4n) is 5.72. The highest BCUT2D eigenvalue weighted by molar-refractivity contribution is 6.00. The van der Waals surface area contributed by atoms with Crippen LogP contribution in [0.15, 0.2) is 47.0 Å². The van der Waals surface area contributed by atoms with Gasteiger partial charge in [-0.15, -0.1) is 0 Å². The van der Waals surface area contributed by atoms with Crippen molar-refractivity contribution in [1.29, 1.82) is 0 Å². The van der Waals surface area contributed by atoms with E-state index in [1.807, 2.05) is 17.0 Å². The van der Waals surface area contributed by atoms with Crippen molar-refractivity contribution >= 4 is 33.7 Å². The average Bonchev–Trinajstić information content (AvgIpc) is 3.40. The lowest BCUT2D eigenvalue weighted by Gasteiger charge is -2.36. The van der Waals surface area contributed by atoms with E-state index in [1.54, 1.807) is 0 Å². The zero-order valence-corrected chi connectivity index (χ0v) is 22.2. The Bertz CT molecular complexity index is 1420. The first-order valence-electron chi connectivity index (χ1n) is 14.2. The molecule has 0 bridgehead atoms. The molecule has 2 aliphatic rings. The highest BCUT2D eigenvalue weighted by Crippen LogP contribution is 2.35. The van der Waals surface area contributed by atoms with Gasteiger partial charge in [0.05, 0.1) is 0 Å². The maximum atomic E-state index is 12.9. The molecule has 3 heterocycles. The minimum atomic E-state index is 0.0647. The van der Waals surface area contributed by atoms with Crippen molar-refractivity contribution in [3.8, 4) is 11.3 Å². The van der Waals surface area contributed by atoms with Gasteiger partial charge in [0.15, 0.2) is 0 Å². The first-order chi connectivity index (χ1) is 18.7. The molecule has 1 saturated heterocycles. The number of piperazine rings is 1. The third-order valence-electron chi connectivity index (χ3n) is 7.94. The van der Waals surface area contributed by atoms with E-state index in [1.165, 1.54) is 24.6 Å². The van der Waals surface area contributed by atoms with Crippen molar-refractivity contribution in [2.45, 2.75) is 64.3 Å². The number of nitrogens with one attached hydrogen (secondary N) is 1. The van der Waals surface area contributed by atoms with E-state index in [2.05, 4.69) is 52.6 Å². The molecule has 6 rings (SSSR count). The standard InChI is InChI=1S/C30H36N6O2/c1-2-3-13-25-32-28(35-16-18-36(19-17-35)30(37)31-24-11-5-4-6-12-24)26-27(34-38-29(26)33-25)23-15-14-21-9-7-8-10-22(21)20-23/h7-10,14-15,20,24H,2-6,11-13,16-19H2,1H3,(H,31,37). The number of amides is 2. The van der Waals surface area contributed by atoms with Crippen LogP contribution >= 0.6 is 0 Å². The summed E-state index contributed by atoms with van der Waals surface area (Å²) < 4.78 is 5.81. The number of urea groups is 1. The highest BCUT2D eigenvalue weighted by atomic mass is 16.5. The van der Waals surface area contributed by atoms with Crippen LogP contribution in [-0.2, 0) is 6.42 Å². The molecular weight excluding hydrogens is 476 g/mol. The summed E-state index contributed by atoms with van der Waals surface area (Å²) in [6, 6.07) is 15.0. The SMILES string of the molecule is CCCCc1nc(N2CCN(C(=O)NC3CCCCC3)CC2)c2c(-c3ccc4ccccc4c3)noc2n1. The summed E-state index contributed by atoms with van der Waals surface area (Å²) in [5.41, 5.74) is 2.28. The molecule has 0 radical (unpaired) electrons. The average molecular weight is 513 g/mol. The van der Waals surface area contributed by atoms with Gasteiger partial charge in [0.2, 0.25) is 0 Å². The lowest BCUT2D eigenvalue weighted by atomic mass is 9.96. The quantitative estimate of drug-likeness (QED) is 0.344. The molecule has 1 saturated carbocycles. The van der Waals surface area contributed by atoms with Crippen molar-refractivity contribution < 1.29 is 9.32 Å². The molecule has 0 unspecified atom stereocenters. The number of nitrogens with zero attached hydrogens (tertiary/aromatic N) is 5. The molecule has 38 heavy (non-hydrogen) atoms. The van der Waals surface area contributed by atoms with Gasteiger partial charge >= 0.3 is 6.03 Å². The second-order valence-corrected chi connectivity index (χ2v) is 10.6. The molecule has 8 heteroatoms. The number of unbranched alkanes of at least 4 members (excludes halogenated alkanes) is 1. The van der Waals surface area contributed by atoms with E-state index in [0.29, 0.717) is 37.9 Å². The van der Waals surface area contributed by atoms with Crippen LogP contribution in [0.25, 0.3) is 33.1 Å². The minimum absolute atomic E-state index is 0.0647. The van der Waals surface area contributed by atoms with Gasteiger partial charge in [0, 0.05) is 44.2 Å². The summed E-state index contributed by atoms with van der Waals surface area (Å²) in [7, 11) is 0. The Balaban J connectivity index is 1.28. The molecule has 1 aliphatic carbocycles. The van der Waals surface area contributed by atoms with Crippen LogP contribution in [-0.4, -0.2) is 58.3 Å². The number of hydrogen-bond donors (Lipinski definition) is 1. The van der Waals surface area contributed by atoms with Gasteiger partial charge < -0.3 is 19.6 Å². The van der Waals surface area contributed by atoms with Crippen LogP contribution in [0.2, 0.25) is 0 Å². The number of benzene rings is 2. The molecular formula is C30H36N6O2. The van der Waals surface area contributed by atoms with E-state index in [0.717, 1.165) is 65.8 Å². The second-order valence-electron chi connectivity index (χ2n) is 10.6. The van der Waals surface area contributed by atoms with Crippen LogP contribution in [0.3, 0.4) is 0 Å². The minimum Gasteiger partial charge on any atom is -0.352 e. The molecule has 2 amide bonds. The fourth-order valence-corrected chi connectivity index (χ4v) is 5.72. The molecule has 2 fully saturated rings. The largest absolute Gasteiger partial charge is 0.352 e. The molecule has 1 N–H and O–H groups in total. The predicted octanol–water partition coefficient (Wildman–Crippen LogP) is 5.94. The number of rotatable bonds is 6. The number of carbonyl (C=O) groups excluding carboxylic acids is 1. The summed E-state index contributed by atoms with van der Waals surface area (Å²) in [6.07, 6.45) is 8.78. The van der Waals surface area contributed by atoms with Crippen LogP contribution in [0.1, 0.15) is 57.7 Å². The monoisotopic (exact) mass is 512 g/mol. The van der Waals surface area contributed by atoms with Gasteiger partial charge in [-0.05, 0) is 36.1 Å². The highest BCUT2D eigenvalue weighted by Gasteiger charge is 2.28. The first-order valence-corrected chi connectivity index (χ1v) is 14.2. The van der Waals surface area contributed by atoms with E-state index in [-0.39, 0.29) is 6.03 Å². The third kappa shape index (κ3) is 5.04. The number of aryl methyl sites for hydroxylation is 1. The van der Waals surface area contributed by atoms with Gasteiger partial charge in [-0.2, -0.15) is 4.98 Å². The first kappa shape index (κ1) is 24.6. The van der Waals surface area contributed by atoms with Crippen molar-refractivity contribution in [2.24, 2.45) is 0 Å². The molecule has 0 atom stereocenters. The summed E-state index contributed by atoms with van der Waals surface area (Å²) in [5, 5.41) is 10.9. The zero-order valence-electron chi connectivity index (χ0n) is 22.2. The summed E-state index contributed by atoms with van der Waals surface area (Å²) >= 11 is 0. The Labute approximate surface area is 223 Å². The number of hydrogen-bond acceptors (Lipinski definition) is 6. The Morgan fingerprint density at radius 2 is 1.79 bits per heavy atom. The molecule has 4 aromatic rings. The van der Waals surface area contributed by atoms with Crippen molar-refractivity contribution in [3.05, 3.63) is 48.3 Å². The predicted molar refractivity (Wildman–Crippen MR) is 150 cm³/mol. The third-order valence-corrected chi connectivity index (χ3v) is 7.94. The lowest BCUT2D eigenvalue weighted by Crippen LogP contribution is -2.54. The van der Waals surface area contributed by atoms with E-state index >= 15 is 0 Å². The maximum absolute atomic E-state index is 12.9. The Morgan fingerprint density at radius 1 is 1.00 bits per heavy atom. The van der Waals surface area contributed by atoms with Gasteiger partial charge in [0.25, 0.3) is 5.71 Å². The van der Waals surface area contributed by atoms with Gasteiger partial charge in [-0.3, -0.25) is 0 Å². The molecule has 2 aromatic carbocycles. The van der Waals surface area contributed by atoms with Crippen LogP contribution in [0.4, 0.5) is 10.6 Å². The van der Waals surface area contributed by atoms with Gasteiger partial charge in [0.1, 0.15) is 22.7 Å². The Morgan fingerprint density at radius 3 is 2.58 bits per heavy atom. The van der Waals surface area contributed by atoms with Crippen LogP contribution in [0, 0.1) is 0 Å². The zero-order chi connectivity index (χ0) is 25.9. The number of anilines is 1. The van der Waals surface area contributed by atoms with Crippen molar-refractivity contribution in [3.63, 3.8) is 0 Å². The van der Waals surface area contributed by atoms with E-state index in [4.69, 9.17) is 14.5 Å². The molecule has 0 spiro atoms. The molecule has 2 aromatic heterocycles. The van der Waals surface area contributed by atoms with Crippen molar-refractivity contribution in [2.75, 3.05) is 31.1 Å². The van der Waals surface area contributed by atoms with E-state index in [9.17, 15) is 4.79 Å². The maximum Gasteiger partial charge on any atom is 0.317 e. The Kier molecular flexibility index (Phi) is 7.12. The number of carbonyl (C=O) groups is 1. The Hall–Kier alpha value is -3.68. The van der Waals surface area contributed by atoms with Crippen LogP contribution in [0.5, 0.6) is 0 Å². The summed E-state index contributed by atoms with van der Waals surface area (Å²) in [4.78, 5) is 26.9. The lowest BCUT2D eigenvalue weighted by molar-refractivity contribution is 0.186. The van der Waals surface area contributed by atoms with Crippen molar-refractivity contribution in [1.82, 2.24) is 25.3 Å².